The van der Waals surface area contributed by atoms with Crippen molar-refractivity contribution in [2.45, 2.75) is 0 Å². The average Bonchev–Trinajstić information content (AvgIpc) is 2.61. The molecule has 0 aromatic heterocycles. The summed E-state index contributed by atoms with van der Waals surface area (Å²) in [5, 5.41) is 12.0. The third-order valence-electron chi connectivity index (χ3n) is 3.27. The van der Waals surface area contributed by atoms with Gasteiger partial charge in [-0.15, -0.1) is 0 Å². The number of rotatable bonds is 5. The van der Waals surface area contributed by atoms with Gasteiger partial charge < -0.3 is 14.8 Å². The molecule has 7 heteroatoms. The van der Waals surface area contributed by atoms with E-state index in [9.17, 15) is 10.1 Å². The molecule has 0 spiro atoms. The smallest absolute Gasteiger partial charge is 0.266 e. The lowest BCUT2D eigenvalue weighted by Crippen LogP contribution is -2.13. The van der Waals surface area contributed by atoms with Crippen molar-refractivity contribution in [1.29, 1.82) is 5.26 Å². The molecule has 2 rings (SSSR count). The van der Waals surface area contributed by atoms with Gasteiger partial charge in [-0.25, -0.2) is 0 Å². The summed E-state index contributed by atoms with van der Waals surface area (Å²) in [5.41, 5.74) is 1.13. The molecule has 2 aromatic carbocycles. The van der Waals surface area contributed by atoms with E-state index < -0.39 is 5.91 Å². The van der Waals surface area contributed by atoms with E-state index in [0.717, 1.165) is 4.47 Å². The van der Waals surface area contributed by atoms with Gasteiger partial charge in [0.1, 0.15) is 23.1 Å². The molecule has 0 atom stereocenters. The Hall–Kier alpha value is -2.30. The van der Waals surface area contributed by atoms with E-state index in [4.69, 9.17) is 9.47 Å². The van der Waals surface area contributed by atoms with Gasteiger partial charge in [0.15, 0.2) is 0 Å². The molecule has 1 amide bonds. The SMILES string of the molecule is COc1cc(OC)c(/C=C(/C#N)C(=O)Nc2ccc(Br)cc2)cc1Br. The van der Waals surface area contributed by atoms with Crippen molar-refractivity contribution in [3.05, 3.63) is 56.5 Å². The minimum absolute atomic E-state index is 0.0433. The number of carbonyl (C=O) groups excluding carboxylic acids is 1. The lowest BCUT2D eigenvalue weighted by atomic mass is 10.1. The van der Waals surface area contributed by atoms with E-state index in [1.165, 1.54) is 13.2 Å². The van der Waals surface area contributed by atoms with Crippen LogP contribution in [0.15, 0.2) is 50.9 Å². The molecule has 0 saturated carbocycles. The van der Waals surface area contributed by atoms with Crippen LogP contribution < -0.4 is 14.8 Å². The number of halogens is 2. The maximum Gasteiger partial charge on any atom is 0.266 e. The Morgan fingerprint density at radius 3 is 2.32 bits per heavy atom. The number of ether oxygens (including phenoxy) is 2. The number of hydrogen-bond donors (Lipinski definition) is 1. The summed E-state index contributed by atoms with van der Waals surface area (Å²) >= 11 is 6.71. The highest BCUT2D eigenvalue weighted by molar-refractivity contribution is 9.10. The fourth-order valence-corrected chi connectivity index (χ4v) is 2.82. The molecule has 0 heterocycles. The van der Waals surface area contributed by atoms with Gasteiger partial charge in [0.2, 0.25) is 0 Å². The maximum absolute atomic E-state index is 12.3. The van der Waals surface area contributed by atoms with Gasteiger partial charge in [0, 0.05) is 21.8 Å². The first-order valence-corrected chi connectivity index (χ1v) is 8.67. The van der Waals surface area contributed by atoms with Crippen LogP contribution in [-0.4, -0.2) is 20.1 Å². The Balaban J connectivity index is 2.33. The van der Waals surface area contributed by atoms with Gasteiger partial charge in [-0.05, 0) is 52.3 Å². The fraction of sp³-hybridized carbons (Fsp3) is 0.111. The second-order valence-corrected chi connectivity index (χ2v) is 6.63. The number of nitriles is 1. The van der Waals surface area contributed by atoms with Crippen molar-refractivity contribution >= 4 is 49.5 Å². The number of carbonyl (C=O) groups is 1. The second kappa shape index (κ2) is 8.70. The zero-order valence-corrected chi connectivity index (χ0v) is 16.6. The van der Waals surface area contributed by atoms with Crippen LogP contribution >= 0.6 is 31.9 Å². The molecule has 0 fully saturated rings. The average molecular weight is 466 g/mol. The molecule has 0 bridgehead atoms. The predicted molar refractivity (Wildman–Crippen MR) is 104 cm³/mol. The van der Waals surface area contributed by atoms with Crippen LogP contribution in [0.5, 0.6) is 11.5 Å². The number of nitrogens with one attached hydrogen (secondary N) is 1. The lowest BCUT2D eigenvalue weighted by molar-refractivity contribution is -0.112. The number of anilines is 1. The van der Waals surface area contributed by atoms with E-state index in [2.05, 4.69) is 37.2 Å². The molecule has 0 unspecified atom stereocenters. The molecular weight excluding hydrogens is 452 g/mol. The monoisotopic (exact) mass is 464 g/mol. The molecule has 2 aromatic rings. The molecule has 0 radical (unpaired) electrons. The standard InChI is InChI=1S/C18H14Br2N2O3/c1-24-16-9-17(25-2)15(20)8-11(16)7-12(10-21)18(23)22-14-5-3-13(19)4-6-14/h3-9H,1-2H3,(H,22,23)/b12-7-. The molecular formula is C18H14Br2N2O3. The normalized spacial score (nSPS) is 10.8. The Morgan fingerprint density at radius 2 is 1.76 bits per heavy atom. The zero-order valence-electron chi connectivity index (χ0n) is 13.5. The highest BCUT2D eigenvalue weighted by Gasteiger charge is 2.13. The highest BCUT2D eigenvalue weighted by atomic mass is 79.9. The van der Waals surface area contributed by atoms with E-state index in [-0.39, 0.29) is 5.57 Å². The van der Waals surface area contributed by atoms with E-state index >= 15 is 0 Å². The Kier molecular flexibility index (Phi) is 6.62. The lowest BCUT2D eigenvalue weighted by Gasteiger charge is -2.10. The third-order valence-corrected chi connectivity index (χ3v) is 4.42. The molecule has 5 nitrogen and oxygen atoms in total. The van der Waals surface area contributed by atoms with E-state index in [1.807, 2.05) is 6.07 Å². The third kappa shape index (κ3) is 4.84. The van der Waals surface area contributed by atoms with Crippen molar-refractivity contribution in [3.8, 4) is 17.6 Å². The summed E-state index contributed by atoms with van der Waals surface area (Å²) in [5.74, 6) is 0.579. The van der Waals surface area contributed by atoms with Crippen molar-refractivity contribution in [3.63, 3.8) is 0 Å². The maximum atomic E-state index is 12.3. The minimum Gasteiger partial charge on any atom is -0.496 e. The Labute approximate surface area is 162 Å². The number of methoxy groups -OCH3 is 2. The Morgan fingerprint density at radius 1 is 1.12 bits per heavy atom. The van der Waals surface area contributed by atoms with Crippen LogP contribution in [0.1, 0.15) is 5.56 Å². The minimum atomic E-state index is -0.501. The molecule has 0 aliphatic carbocycles. The molecule has 0 aliphatic heterocycles. The van der Waals surface area contributed by atoms with Crippen molar-refractivity contribution in [2.24, 2.45) is 0 Å². The van der Waals surface area contributed by atoms with Crippen LogP contribution in [0.25, 0.3) is 6.08 Å². The summed E-state index contributed by atoms with van der Waals surface area (Å²) in [6.07, 6.45) is 1.47. The first kappa shape index (κ1) is 19.0. The zero-order chi connectivity index (χ0) is 18.4. The summed E-state index contributed by atoms with van der Waals surface area (Å²) in [6.45, 7) is 0. The molecule has 1 N–H and O–H groups in total. The summed E-state index contributed by atoms with van der Waals surface area (Å²) in [4.78, 5) is 12.3. The number of nitrogens with zero attached hydrogens (tertiary/aromatic N) is 1. The molecule has 0 aliphatic rings. The number of hydrogen-bond acceptors (Lipinski definition) is 4. The van der Waals surface area contributed by atoms with Gasteiger partial charge in [-0.3, -0.25) is 4.79 Å². The van der Waals surface area contributed by atoms with Crippen molar-refractivity contribution in [1.82, 2.24) is 0 Å². The number of amides is 1. The Bertz CT molecular complexity index is 856. The van der Waals surface area contributed by atoms with Gasteiger partial charge in [0.25, 0.3) is 5.91 Å². The highest BCUT2D eigenvalue weighted by Crippen LogP contribution is 2.34. The van der Waals surface area contributed by atoms with Crippen LogP contribution in [0, 0.1) is 11.3 Å². The van der Waals surface area contributed by atoms with Crippen LogP contribution in [0.4, 0.5) is 5.69 Å². The molecule has 0 saturated heterocycles. The van der Waals surface area contributed by atoms with Crippen molar-refractivity contribution in [2.75, 3.05) is 19.5 Å². The largest absolute Gasteiger partial charge is 0.496 e. The first-order valence-electron chi connectivity index (χ1n) is 7.08. The van der Waals surface area contributed by atoms with E-state index in [1.54, 1.807) is 43.5 Å². The van der Waals surface area contributed by atoms with Gasteiger partial charge >= 0.3 is 0 Å². The fourth-order valence-electron chi connectivity index (χ4n) is 2.03. The summed E-state index contributed by atoms with van der Waals surface area (Å²) < 4.78 is 12.1. The second-order valence-electron chi connectivity index (χ2n) is 4.86. The van der Waals surface area contributed by atoms with Gasteiger partial charge in [0.05, 0.1) is 18.7 Å². The molecule has 128 valence electrons. The van der Waals surface area contributed by atoms with Gasteiger partial charge in [-0.1, -0.05) is 15.9 Å². The van der Waals surface area contributed by atoms with Crippen LogP contribution in [-0.2, 0) is 4.79 Å². The quantitative estimate of drug-likeness (QED) is 0.509. The summed E-state index contributed by atoms with van der Waals surface area (Å²) in [6, 6.07) is 12.4. The predicted octanol–water partition coefficient (Wildman–Crippen LogP) is 4.77. The van der Waals surface area contributed by atoms with Crippen LogP contribution in [0.2, 0.25) is 0 Å². The van der Waals surface area contributed by atoms with Crippen molar-refractivity contribution < 1.29 is 14.3 Å². The topological polar surface area (TPSA) is 71.3 Å². The first-order chi connectivity index (χ1) is 12.0. The van der Waals surface area contributed by atoms with E-state index in [0.29, 0.717) is 27.2 Å². The molecule has 25 heavy (non-hydrogen) atoms. The van der Waals surface area contributed by atoms with Gasteiger partial charge in [-0.2, -0.15) is 5.26 Å². The summed E-state index contributed by atoms with van der Waals surface area (Å²) in [7, 11) is 3.05. The van der Waals surface area contributed by atoms with Crippen LogP contribution in [0.3, 0.4) is 0 Å². The number of benzene rings is 2.